The van der Waals surface area contributed by atoms with Gasteiger partial charge in [0.25, 0.3) is 0 Å². The van der Waals surface area contributed by atoms with E-state index >= 15 is 0 Å². The summed E-state index contributed by atoms with van der Waals surface area (Å²) in [5.41, 5.74) is -6.08. The number of alkyl halides is 3. The molecule has 1 fully saturated rings. The molecule has 1 unspecified atom stereocenters. The average Bonchev–Trinajstić information content (AvgIpc) is 3.56. The van der Waals surface area contributed by atoms with E-state index in [1.54, 1.807) is 30.3 Å². The molecule has 0 aliphatic heterocycles. The van der Waals surface area contributed by atoms with Crippen molar-refractivity contribution in [3.8, 4) is 11.1 Å². The molecule has 3 N–H and O–H groups in total. The topological polar surface area (TPSA) is 130 Å². The minimum absolute atomic E-state index is 0.145. The number of hydrogen-bond donors (Lipinski definition) is 3. The Bertz CT molecular complexity index is 1600. The number of aliphatic carboxylic acids is 1. The molecule has 0 aromatic heterocycles. The van der Waals surface area contributed by atoms with E-state index in [2.05, 4.69) is 5.32 Å². The first-order valence-electron chi connectivity index (χ1n) is 11.3. The van der Waals surface area contributed by atoms with Crippen molar-refractivity contribution < 1.29 is 39.9 Å². The molecule has 3 aromatic rings. The fourth-order valence-corrected chi connectivity index (χ4v) is 7.66. The number of carboxylic acids is 1. The van der Waals surface area contributed by atoms with Gasteiger partial charge in [0.15, 0.2) is 14.6 Å². The van der Waals surface area contributed by atoms with Crippen LogP contribution in [0.4, 0.5) is 13.2 Å². The first kappa shape index (κ1) is 29.0. The first-order valence-corrected chi connectivity index (χ1v) is 14.7. The first-order chi connectivity index (χ1) is 18.1. The van der Waals surface area contributed by atoms with E-state index in [9.17, 15) is 39.9 Å². The van der Waals surface area contributed by atoms with Crippen LogP contribution in [0, 0.1) is 0 Å². The quantitative estimate of drug-likeness (QED) is 0.312. The molecule has 1 aliphatic rings. The highest BCUT2D eigenvalue weighted by Crippen LogP contribution is 2.62. The molecule has 4 rings (SSSR count). The third-order valence-electron chi connectivity index (χ3n) is 6.59. The molecule has 0 heterocycles. The molecule has 1 saturated carbocycles. The lowest BCUT2D eigenvalue weighted by molar-refractivity contribution is -0.138. The highest BCUT2D eigenvalue weighted by atomic mass is 35.5. The van der Waals surface area contributed by atoms with Crippen molar-refractivity contribution in [2.75, 3.05) is 0 Å². The molecule has 0 amide bonds. The van der Waals surface area contributed by atoms with Crippen LogP contribution in [-0.4, -0.2) is 44.3 Å². The molecule has 0 bridgehead atoms. The summed E-state index contributed by atoms with van der Waals surface area (Å²) in [4.78, 5) is 12.4. The van der Waals surface area contributed by atoms with Crippen LogP contribution in [0.25, 0.3) is 11.1 Å². The van der Waals surface area contributed by atoms with Gasteiger partial charge in [-0.15, -0.1) is 0 Å². The molecule has 8 nitrogen and oxygen atoms in total. The fraction of sp³-hybridized carbons (Fsp3) is 0.240. The summed E-state index contributed by atoms with van der Waals surface area (Å²) in [5, 5.41) is 13.3. The molecule has 208 valence electrons. The smallest absolute Gasteiger partial charge is 0.480 e. The van der Waals surface area contributed by atoms with E-state index in [1.807, 2.05) is 0 Å². The summed E-state index contributed by atoms with van der Waals surface area (Å²) < 4.78 is 88.9. The zero-order valence-electron chi connectivity index (χ0n) is 20.1. The number of sulfone groups is 1. The van der Waals surface area contributed by atoms with Gasteiger partial charge in [-0.1, -0.05) is 66.2 Å². The van der Waals surface area contributed by atoms with Crippen molar-refractivity contribution in [3.63, 3.8) is 0 Å². The summed E-state index contributed by atoms with van der Waals surface area (Å²) in [6, 6.07) is 19.6. The number of hydrogen-bond acceptors (Lipinski definition) is 6. The lowest BCUT2D eigenvalue weighted by atomic mass is 10.0. The Morgan fingerprint density at radius 1 is 0.923 bits per heavy atom. The van der Waals surface area contributed by atoms with Crippen LogP contribution in [-0.2, 0) is 30.2 Å². The maximum absolute atomic E-state index is 13.9. The summed E-state index contributed by atoms with van der Waals surface area (Å²) in [7, 11) is -10.5. The Labute approximate surface area is 227 Å². The monoisotopic (exact) mass is 602 g/mol. The number of nitrogens with one attached hydrogen (secondary N) is 2. The highest BCUT2D eigenvalue weighted by molar-refractivity contribution is 7.94. The molecular formula is C25H22ClF3N2O6S2. The van der Waals surface area contributed by atoms with Gasteiger partial charge in [0.2, 0.25) is 0 Å². The molecule has 39 heavy (non-hydrogen) atoms. The lowest BCUT2D eigenvalue weighted by Crippen LogP contribution is -2.55. The molecule has 3 atom stereocenters. The second kappa shape index (κ2) is 9.89. The zero-order valence-corrected chi connectivity index (χ0v) is 22.5. The number of carbonyl (C=O) groups is 1. The second-order valence-electron chi connectivity index (χ2n) is 9.05. The van der Waals surface area contributed by atoms with E-state index in [1.165, 1.54) is 53.3 Å². The third-order valence-corrected chi connectivity index (χ3v) is 10.6. The van der Waals surface area contributed by atoms with Gasteiger partial charge in [-0.3, -0.25) is 10.1 Å². The minimum Gasteiger partial charge on any atom is -0.480 e. The van der Waals surface area contributed by atoms with Crippen molar-refractivity contribution in [3.05, 3.63) is 89.4 Å². The van der Waals surface area contributed by atoms with Crippen molar-refractivity contribution in [2.45, 2.75) is 40.2 Å². The van der Waals surface area contributed by atoms with Crippen LogP contribution in [0.3, 0.4) is 0 Å². The van der Waals surface area contributed by atoms with Crippen LogP contribution in [0.5, 0.6) is 0 Å². The van der Waals surface area contributed by atoms with Crippen molar-refractivity contribution >= 4 is 37.4 Å². The highest BCUT2D eigenvalue weighted by Gasteiger charge is 2.81. The van der Waals surface area contributed by atoms with Gasteiger partial charge in [-0.2, -0.15) is 17.9 Å². The lowest BCUT2D eigenvalue weighted by Gasteiger charge is -2.29. The van der Waals surface area contributed by atoms with Crippen LogP contribution in [0.15, 0.2) is 83.8 Å². The Morgan fingerprint density at radius 2 is 1.44 bits per heavy atom. The Balaban J connectivity index is 1.76. The molecule has 1 aliphatic carbocycles. The number of sulfonamides is 1. The van der Waals surface area contributed by atoms with E-state index in [0.29, 0.717) is 10.6 Å². The summed E-state index contributed by atoms with van der Waals surface area (Å²) in [6.07, 6.45) is -2.26. The van der Waals surface area contributed by atoms with Gasteiger partial charge in [0.05, 0.1) is 16.6 Å². The number of rotatable bonds is 9. The maximum atomic E-state index is 13.9. The van der Waals surface area contributed by atoms with E-state index < -0.39 is 54.2 Å². The summed E-state index contributed by atoms with van der Waals surface area (Å²) in [6.45, 7) is 1.02. The number of benzene rings is 3. The summed E-state index contributed by atoms with van der Waals surface area (Å²) in [5.74, 6) is -1.74. The van der Waals surface area contributed by atoms with Crippen molar-refractivity contribution in [1.82, 2.24) is 10.0 Å². The standard InChI is InChI=1S/C25H22ClF3N2O6S2/c1-16(31-39(36,37)25(27,28)29)30-23(19-5-3-2-4-6-19)15-24(23,22(32)33)38(34,35)21-13-9-18(10-14-21)17-7-11-20(26)12-8-17/h2-14,16,30-31H,15H2,1H3,(H,32,33)/t16?,23-,24-/m0/s1. The Kier molecular flexibility index (Phi) is 7.36. The van der Waals surface area contributed by atoms with Crippen LogP contribution in [0.1, 0.15) is 18.9 Å². The van der Waals surface area contributed by atoms with E-state index in [0.717, 1.165) is 12.5 Å². The molecule has 14 heteroatoms. The molecule has 3 aromatic carbocycles. The van der Waals surface area contributed by atoms with Crippen molar-refractivity contribution in [2.24, 2.45) is 0 Å². The third kappa shape index (κ3) is 4.93. The zero-order chi connectivity index (χ0) is 28.9. The SMILES string of the molecule is CC(N[C@]1(c2ccccc2)C[C@@]1(C(=O)O)S(=O)(=O)c1ccc(-c2ccc(Cl)cc2)cc1)NS(=O)(=O)C(F)(F)F. The Morgan fingerprint density at radius 3 is 1.92 bits per heavy atom. The predicted octanol–water partition coefficient (Wildman–Crippen LogP) is 4.28. The van der Waals surface area contributed by atoms with Gasteiger partial charge in [0.1, 0.15) is 0 Å². The van der Waals surface area contributed by atoms with E-state index in [4.69, 9.17) is 11.6 Å². The second-order valence-corrected chi connectivity index (χ2v) is 13.4. The largest absolute Gasteiger partial charge is 0.511 e. The van der Waals surface area contributed by atoms with Crippen LogP contribution < -0.4 is 10.0 Å². The molecule has 0 radical (unpaired) electrons. The number of halogens is 4. The van der Waals surface area contributed by atoms with Crippen molar-refractivity contribution in [1.29, 1.82) is 0 Å². The van der Waals surface area contributed by atoms with Gasteiger partial charge in [0, 0.05) is 11.4 Å². The molecule has 0 saturated heterocycles. The molecule has 0 spiro atoms. The fourth-order valence-electron chi connectivity index (χ4n) is 4.70. The van der Waals surface area contributed by atoms with Gasteiger partial charge in [-0.05, 0) is 47.9 Å². The number of carboxylic acid groups (broad SMARTS) is 1. The van der Waals surface area contributed by atoms with E-state index in [-0.39, 0.29) is 10.5 Å². The maximum Gasteiger partial charge on any atom is 0.511 e. The predicted molar refractivity (Wildman–Crippen MR) is 138 cm³/mol. The van der Waals surface area contributed by atoms with Gasteiger partial charge >= 0.3 is 21.5 Å². The van der Waals surface area contributed by atoms with Crippen LogP contribution in [0.2, 0.25) is 5.02 Å². The Hall–Kier alpha value is -2.97. The van der Waals surface area contributed by atoms with Gasteiger partial charge in [-0.25, -0.2) is 16.8 Å². The minimum atomic E-state index is -5.82. The van der Waals surface area contributed by atoms with Crippen LogP contribution >= 0.6 is 11.6 Å². The molecular weight excluding hydrogens is 581 g/mol. The summed E-state index contributed by atoms with van der Waals surface area (Å²) >= 11 is 5.91. The normalized spacial score (nSPS) is 22.3. The average molecular weight is 603 g/mol. The van der Waals surface area contributed by atoms with Gasteiger partial charge < -0.3 is 5.11 Å².